The van der Waals surface area contributed by atoms with Gasteiger partial charge in [-0.15, -0.1) is 0 Å². The van der Waals surface area contributed by atoms with Crippen molar-refractivity contribution in [2.45, 2.75) is 12.8 Å². The van der Waals surface area contributed by atoms with Crippen LogP contribution in [0.15, 0.2) is 12.4 Å². The minimum atomic E-state index is -0.693. The van der Waals surface area contributed by atoms with Crippen molar-refractivity contribution >= 4 is 5.97 Å². The zero-order valence-electron chi connectivity index (χ0n) is 7.64. The molecule has 0 amide bonds. The van der Waals surface area contributed by atoms with Crippen LogP contribution in [0.1, 0.15) is 18.4 Å². The van der Waals surface area contributed by atoms with Crippen LogP contribution in [0.25, 0.3) is 0 Å². The van der Waals surface area contributed by atoms with Crippen molar-refractivity contribution in [1.82, 2.24) is 9.78 Å². The Morgan fingerprint density at radius 3 is 2.77 bits per heavy atom. The Bertz CT molecular complexity index is 345. The summed E-state index contributed by atoms with van der Waals surface area (Å²) in [5.41, 5.74) is 1.04. The van der Waals surface area contributed by atoms with Gasteiger partial charge in [0.05, 0.1) is 12.1 Å². The number of aromatic nitrogens is 2. The molecule has 1 aliphatic carbocycles. The van der Waals surface area contributed by atoms with Gasteiger partial charge < -0.3 is 5.11 Å². The van der Waals surface area contributed by atoms with Crippen LogP contribution < -0.4 is 0 Å². The van der Waals surface area contributed by atoms with Crippen molar-refractivity contribution in [2.24, 2.45) is 18.9 Å². The van der Waals surface area contributed by atoms with Gasteiger partial charge in [-0.3, -0.25) is 9.48 Å². The van der Waals surface area contributed by atoms with Crippen LogP contribution in [-0.4, -0.2) is 20.9 Å². The van der Waals surface area contributed by atoms with Crippen molar-refractivity contribution in [2.75, 3.05) is 0 Å². The first-order chi connectivity index (χ1) is 6.11. The molecule has 1 unspecified atom stereocenters. The number of hydrogen-bond donors (Lipinski definition) is 1. The smallest absolute Gasteiger partial charge is 0.307 e. The first-order valence-electron chi connectivity index (χ1n) is 4.32. The molecule has 0 spiro atoms. The quantitative estimate of drug-likeness (QED) is 0.734. The predicted octanol–water partition coefficient (Wildman–Crippen LogP) is 0.854. The molecule has 0 saturated heterocycles. The van der Waals surface area contributed by atoms with Crippen LogP contribution >= 0.6 is 0 Å². The number of carboxylic acid groups (broad SMARTS) is 1. The largest absolute Gasteiger partial charge is 0.481 e. The standard InChI is InChI=1S/C9H12N2O2/c1-5-7(8(5)9(12)13)6-3-10-11(2)4-6/h3-5,7-8H,1-2H3,(H,12,13)/t5?,7-,8+/m0/s1. The lowest BCUT2D eigenvalue weighted by Gasteiger charge is -1.89. The van der Waals surface area contributed by atoms with Gasteiger partial charge in [0.2, 0.25) is 0 Å². The number of aliphatic carboxylic acids is 1. The Kier molecular flexibility index (Phi) is 1.65. The molecule has 70 valence electrons. The van der Waals surface area contributed by atoms with Crippen LogP contribution in [0.2, 0.25) is 0 Å². The molecule has 2 rings (SSSR count). The van der Waals surface area contributed by atoms with Crippen LogP contribution in [0.5, 0.6) is 0 Å². The third-order valence-corrected chi connectivity index (χ3v) is 2.77. The summed E-state index contributed by atoms with van der Waals surface area (Å²) < 4.78 is 1.71. The van der Waals surface area contributed by atoms with Crippen LogP contribution in [0.4, 0.5) is 0 Å². The molecule has 1 aliphatic rings. The van der Waals surface area contributed by atoms with E-state index in [0.717, 1.165) is 5.56 Å². The number of aryl methyl sites for hydroxylation is 1. The molecule has 4 heteroatoms. The molecule has 1 aromatic rings. The van der Waals surface area contributed by atoms with E-state index in [4.69, 9.17) is 5.11 Å². The van der Waals surface area contributed by atoms with Gasteiger partial charge >= 0.3 is 5.97 Å². The summed E-state index contributed by atoms with van der Waals surface area (Å²) in [5.74, 6) is -0.474. The highest BCUT2D eigenvalue weighted by Gasteiger charge is 2.53. The monoisotopic (exact) mass is 180 g/mol. The van der Waals surface area contributed by atoms with Gasteiger partial charge in [-0.05, 0) is 11.5 Å². The second-order valence-corrected chi connectivity index (χ2v) is 3.70. The molecule has 1 N–H and O–H groups in total. The molecule has 0 aliphatic heterocycles. The minimum absolute atomic E-state index is 0.172. The first kappa shape index (κ1) is 8.29. The Balaban J connectivity index is 2.17. The van der Waals surface area contributed by atoms with E-state index in [1.807, 2.05) is 20.2 Å². The van der Waals surface area contributed by atoms with Gasteiger partial charge in [-0.25, -0.2) is 0 Å². The van der Waals surface area contributed by atoms with E-state index in [1.165, 1.54) is 0 Å². The highest BCUT2D eigenvalue weighted by atomic mass is 16.4. The average Bonchev–Trinajstić information content (AvgIpc) is 2.51. The number of nitrogens with zero attached hydrogens (tertiary/aromatic N) is 2. The molecule has 3 atom stereocenters. The topological polar surface area (TPSA) is 55.1 Å². The van der Waals surface area contributed by atoms with E-state index in [2.05, 4.69) is 5.10 Å². The fourth-order valence-electron chi connectivity index (χ4n) is 1.96. The summed E-state index contributed by atoms with van der Waals surface area (Å²) in [7, 11) is 1.84. The molecule has 1 aromatic heterocycles. The second-order valence-electron chi connectivity index (χ2n) is 3.70. The molecule has 13 heavy (non-hydrogen) atoms. The van der Waals surface area contributed by atoms with Crippen molar-refractivity contribution in [1.29, 1.82) is 0 Å². The summed E-state index contributed by atoms with van der Waals surface area (Å²) in [6, 6.07) is 0. The van der Waals surface area contributed by atoms with Gasteiger partial charge in [0.1, 0.15) is 0 Å². The maximum atomic E-state index is 10.7. The molecular weight excluding hydrogens is 168 g/mol. The van der Waals surface area contributed by atoms with Gasteiger partial charge in [-0.2, -0.15) is 5.10 Å². The van der Waals surface area contributed by atoms with Crippen LogP contribution in [0, 0.1) is 11.8 Å². The van der Waals surface area contributed by atoms with E-state index in [1.54, 1.807) is 10.9 Å². The van der Waals surface area contributed by atoms with Crippen molar-refractivity contribution in [3.8, 4) is 0 Å². The SMILES string of the molecule is CC1[C@@H](C(=O)O)[C@@H]1c1cnn(C)c1. The van der Waals surface area contributed by atoms with Crippen molar-refractivity contribution in [3.63, 3.8) is 0 Å². The Labute approximate surface area is 76.2 Å². The molecule has 1 saturated carbocycles. The summed E-state index contributed by atoms with van der Waals surface area (Å²) in [4.78, 5) is 10.7. The maximum absolute atomic E-state index is 10.7. The molecule has 4 nitrogen and oxygen atoms in total. The van der Waals surface area contributed by atoms with Crippen LogP contribution in [0.3, 0.4) is 0 Å². The zero-order valence-corrected chi connectivity index (χ0v) is 7.64. The van der Waals surface area contributed by atoms with Gasteiger partial charge in [0.15, 0.2) is 0 Å². The van der Waals surface area contributed by atoms with Crippen LogP contribution in [-0.2, 0) is 11.8 Å². The van der Waals surface area contributed by atoms with E-state index in [9.17, 15) is 4.79 Å². The maximum Gasteiger partial charge on any atom is 0.307 e. The number of rotatable bonds is 2. The Morgan fingerprint density at radius 1 is 1.69 bits per heavy atom. The Morgan fingerprint density at radius 2 is 2.38 bits per heavy atom. The summed E-state index contributed by atoms with van der Waals surface area (Å²) in [6.45, 7) is 1.97. The number of hydrogen-bond acceptors (Lipinski definition) is 2. The van der Waals surface area contributed by atoms with E-state index in [0.29, 0.717) is 0 Å². The number of carboxylic acids is 1. The fourth-order valence-corrected chi connectivity index (χ4v) is 1.96. The van der Waals surface area contributed by atoms with Gasteiger partial charge in [0, 0.05) is 19.2 Å². The second kappa shape index (κ2) is 2.58. The lowest BCUT2D eigenvalue weighted by Crippen LogP contribution is -1.99. The molecule has 1 heterocycles. The summed E-state index contributed by atoms with van der Waals surface area (Å²) >= 11 is 0. The third kappa shape index (κ3) is 1.22. The highest BCUT2D eigenvalue weighted by Crippen LogP contribution is 2.53. The highest BCUT2D eigenvalue weighted by molar-refractivity contribution is 5.76. The fraction of sp³-hybridized carbons (Fsp3) is 0.556. The zero-order chi connectivity index (χ0) is 9.59. The number of carbonyl (C=O) groups is 1. The van der Waals surface area contributed by atoms with Crippen molar-refractivity contribution < 1.29 is 9.90 Å². The Hall–Kier alpha value is -1.32. The molecule has 0 bridgehead atoms. The average molecular weight is 180 g/mol. The molecule has 1 fully saturated rings. The predicted molar refractivity (Wildman–Crippen MR) is 46.2 cm³/mol. The molecule has 0 aromatic carbocycles. The normalized spacial score (nSPS) is 31.7. The minimum Gasteiger partial charge on any atom is -0.481 e. The molecular formula is C9H12N2O2. The summed E-state index contributed by atoms with van der Waals surface area (Å²) in [6.07, 6.45) is 3.65. The van der Waals surface area contributed by atoms with E-state index >= 15 is 0 Å². The summed E-state index contributed by atoms with van der Waals surface area (Å²) in [5, 5.41) is 12.9. The lowest BCUT2D eigenvalue weighted by atomic mass is 10.2. The van der Waals surface area contributed by atoms with Gasteiger partial charge in [-0.1, -0.05) is 6.92 Å². The third-order valence-electron chi connectivity index (χ3n) is 2.77. The van der Waals surface area contributed by atoms with E-state index in [-0.39, 0.29) is 17.8 Å². The van der Waals surface area contributed by atoms with Crippen molar-refractivity contribution in [3.05, 3.63) is 18.0 Å². The van der Waals surface area contributed by atoms with Gasteiger partial charge in [0.25, 0.3) is 0 Å². The lowest BCUT2D eigenvalue weighted by molar-refractivity contribution is -0.138. The van der Waals surface area contributed by atoms with E-state index < -0.39 is 5.97 Å². The molecule has 0 radical (unpaired) electrons. The first-order valence-corrected chi connectivity index (χ1v) is 4.32.